The SMILES string of the molecule is CCc1c(C(=O)N2CCC(c3nc4ccccc4[nH]3)CC2)cnn1-c1ccccc1. The number of hydrogen-bond donors (Lipinski definition) is 1. The van der Waals surface area contributed by atoms with Crippen LogP contribution >= 0.6 is 0 Å². The zero-order chi connectivity index (χ0) is 20.5. The number of carbonyl (C=O) groups excluding carboxylic acids is 1. The second kappa shape index (κ2) is 7.78. The maximum atomic E-state index is 13.3. The third-order valence-electron chi connectivity index (χ3n) is 6.01. The minimum absolute atomic E-state index is 0.0806. The largest absolute Gasteiger partial charge is 0.342 e. The number of carbonyl (C=O) groups is 1. The summed E-state index contributed by atoms with van der Waals surface area (Å²) in [4.78, 5) is 23.4. The number of H-pyrrole nitrogens is 1. The first kappa shape index (κ1) is 18.6. The van der Waals surface area contributed by atoms with E-state index in [4.69, 9.17) is 4.98 Å². The van der Waals surface area contributed by atoms with Crippen molar-refractivity contribution in [3.8, 4) is 5.69 Å². The molecule has 0 unspecified atom stereocenters. The quantitative estimate of drug-likeness (QED) is 0.555. The molecule has 0 spiro atoms. The molecule has 1 amide bonds. The molecule has 0 atom stereocenters. The molecular formula is C24H25N5O. The van der Waals surface area contributed by atoms with E-state index in [1.54, 1.807) is 6.20 Å². The normalized spacial score (nSPS) is 15.0. The van der Waals surface area contributed by atoms with Crippen molar-refractivity contribution >= 4 is 16.9 Å². The molecule has 1 saturated heterocycles. The van der Waals surface area contributed by atoms with Gasteiger partial charge >= 0.3 is 0 Å². The van der Waals surface area contributed by atoms with Crippen molar-refractivity contribution in [3.05, 3.63) is 77.9 Å². The summed E-state index contributed by atoms with van der Waals surface area (Å²) in [5, 5.41) is 4.51. The molecule has 0 saturated carbocycles. The molecule has 0 radical (unpaired) electrons. The predicted molar refractivity (Wildman–Crippen MR) is 117 cm³/mol. The Morgan fingerprint density at radius 3 is 2.53 bits per heavy atom. The molecule has 1 aliphatic rings. The Balaban J connectivity index is 1.32. The average molecular weight is 399 g/mol. The van der Waals surface area contributed by atoms with E-state index in [9.17, 15) is 4.79 Å². The van der Waals surface area contributed by atoms with Crippen LogP contribution in [-0.2, 0) is 6.42 Å². The van der Waals surface area contributed by atoms with Crippen LogP contribution in [0.3, 0.4) is 0 Å². The summed E-state index contributed by atoms with van der Waals surface area (Å²) in [5.41, 5.74) is 4.74. The molecular weight excluding hydrogens is 374 g/mol. The lowest BCUT2D eigenvalue weighted by Gasteiger charge is -2.31. The maximum Gasteiger partial charge on any atom is 0.257 e. The lowest BCUT2D eigenvalue weighted by molar-refractivity contribution is 0.0710. The van der Waals surface area contributed by atoms with Gasteiger partial charge in [0.15, 0.2) is 0 Å². The van der Waals surface area contributed by atoms with Crippen molar-refractivity contribution in [2.45, 2.75) is 32.1 Å². The minimum atomic E-state index is 0.0806. The Kier molecular flexibility index (Phi) is 4.83. The van der Waals surface area contributed by atoms with Gasteiger partial charge in [0.25, 0.3) is 5.91 Å². The lowest BCUT2D eigenvalue weighted by Crippen LogP contribution is -2.38. The molecule has 6 heteroatoms. The number of nitrogens with one attached hydrogen (secondary N) is 1. The van der Waals surface area contributed by atoms with Crippen molar-refractivity contribution in [1.82, 2.24) is 24.6 Å². The summed E-state index contributed by atoms with van der Waals surface area (Å²) in [7, 11) is 0. The maximum absolute atomic E-state index is 13.3. The number of para-hydroxylation sites is 3. The van der Waals surface area contributed by atoms with Crippen molar-refractivity contribution in [2.24, 2.45) is 0 Å². The Morgan fingerprint density at radius 2 is 1.80 bits per heavy atom. The van der Waals surface area contributed by atoms with E-state index < -0.39 is 0 Å². The zero-order valence-electron chi connectivity index (χ0n) is 17.1. The summed E-state index contributed by atoms with van der Waals surface area (Å²) in [6, 6.07) is 18.1. The van der Waals surface area contributed by atoms with Crippen molar-refractivity contribution in [2.75, 3.05) is 13.1 Å². The average Bonchev–Trinajstić information content (AvgIpc) is 3.43. The van der Waals surface area contributed by atoms with Gasteiger partial charge in [0, 0.05) is 19.0 Å². The van der Waals surface area contributed by atoms with Crippen LogP contribution in [0.5, 0.6) is 0 Å². The van der Waals surface area contributed by atoms with E-state index in [1.165, 1.54) is 0 Å². The highest BCUT2D eigenvalue weighted by Crippen LogP contribution is 2.29. The molecule has 1 aliphatic heterocycles. The van der Waals surface area contributed by atoms with Gasteiger partial charge in [0.05, 0.1) is 34.2 Å². The molecule has 2 aromatic heterocycles. The monoisotopic (exact) mass is 399 g/mol. The standard InChI is InChI=1S/C24H25N5O/c1-2-22-19(16-25-29(22)18-8-4-3-5-9-18)24(30)28-14-12-17(13-15-28)23-26-20-10-6-7-11-21(20)27-23/h3-11,16-17H,2,12-15H2,1H3,(H,26,27). The Hall–Kier alpha value is -3.41. The van der Waals surface area contributed by atoms with E-state index in [0.717, 1.165) is 60.6 Å². The summed E-state index contributed by atoms with van der Waals surface area (Å²) in [6.45, 7) is 3.54. The minimum Gasteiger partial charge on any atom is -0.342 e. The number of fused-ring (bicyclic) bond motifs is 1. The van der Waals surface area contributed by atoms with Crippen LogP contribution in [0, 0.1) is 0 Å². The Bertz CT molecular complexity index is 1140. The van der Waals surface area contributed by atoms with Gasteiger partial charge in [0.1, 0.15) is 5.82 Å². The van der Waals surface area contributed by atoms with Crippen LogP contribution in [-0.4, -0.2) is 43.6 Å². The fraction of sp³-hybridized carbons (Fsp3) is 0.292. The first-order valence-corrected chi connectivity index (χ1v) is 10.6. The number of hydrogen-bond acceptors (Lipinski definition) is 3. The van der Waals surface area contributed by atoms with Gasteiger partial charge in [-0.2, -0.15) is 5.10 Å². The van der Waals surface area contributed by atoms with Crippen molar-refractivity contribution in [3.63, 3.8) is 0 Å². The smallest absolute Gasteiger partial charge is 0.257 e. The highest BCUT2D eigenvalue weighted by molar-refractivity contribution is 5.95. The fourth-order valence-corrected chi connectivity index (χ4v) is 4.38. The van der Waals surface area contributed by atoms with Gasteiger partial charge in [-0.05, 0) is 43.5 Å². The Morgan fingerprint density at radius 1 is 1.07 bits per heavy atom. The van der Waals surface area contributed by atoms with E-state index in [-0.39, 0.29) is 5.91 Å². The van der Waals surface area contributed by atoms with E-state index in [0.29, 0.717) is 11.5 Å². The number of likely N-dealkylation sites (tertiary alicyclic amines) is 1. The summed E-state index contributed by atoms with van der Waals surface area (Å²) < 4.78 is 1.88. The topological polar surface area (TPSA) is 66.8 Å². The fourth-order valence-electron chi connectivity index (χ4n) is 4.38. The summed E-state index contributed by atoms with van der Waals surface area (Å²) >= 11 is 0. The molecule has 30 heavy (non-hydrogen) atoms. The second-order valence-electron chi connectivity index (χ2n) is 7.81. The van der Waals surface area contributed by atoms with Gasteiger partial charge in [-0.3, -0.25) is 4.79 Å². The van der Waals surface area contributed by atoms with E-state index >= 15 is 0 Å². The third-order valence-corrected chi connectivity index (χ3v) is 6.01. The number of piperidine rings is 1. The number of imidazole rings is 1. The van der Waals surface area contributed by atoms with Gasteiger partial charge in [0.2, 0.25) is 0 Å². The Labute approximate surface area is 175 Å². The third kappa shape index (κ3) is 3.28. The van der Waals surface area contributed by atoms with Crippen molar-refractivity contribution < 1.29 is 4.79 Å². The number of rotatable bonds is 4. The van der Waals surface area contributed by atoms with Crippen molar-refractivity contribution in [1.29, 1.82) is 0 Å². The molecule has 6 nitrogen and oxygen atoms in total. The molecule has 5 rings (SSSR count). The number of nitrogens with zero attached hydrogens (tertiary/aromatic N) is 4. The zero-order valence-corrected chi connectivity index (χ0v) is 17.1. The second-order valence-corrected chi connectivity index (χ2v) is 7.81. The molecule has 0 bridgehead atoms. The van der Waals surface area contributed by atoms with Gasteiger partial charge < -0.3 is 9.88 Å². The molecule has 4 aromatic rings. The van der Waals surface area contributed by atoms with Gasteiger partial charge in [-0.25, -0.2) is 9.67 Å². The first-order valence-electron chi connectivity index (χ1n) is 10.6. The highest BCUT2D eigenvalue weighted by atomic mass is 16.2. The van der Waals surface area contributed by atoms with E-state index in [1.807, 2.05) is 58.1 Å². The van der Waals surface area contributed by atoms with Crippen LogP contribution < -0.4 is 0 Å². The molecule has 1 N–H and O–H groups in total. The number of aromatic amines is 1. The summed E-state index contributed by atoms with van der Waals surface area (Å²) in [6.07, 6.45) is 4.31. The first-order chi connectivity index (χ1) is 14.7. The van der Waals surface area contributed by atoms with Crippen LogP contribution in [0.1, 0.15) is 47.6 Å². The summed E-state index contributed by atoms with van der Waals surface area (Å²) in [5.74, 6) is 1.48. The number of benzene rings is 2. The number of amides is 1. The van der Waals surface area contributed by atoms with Crippen LogP contribution in [0.25, 0.3) is 16.7 Å². The molecule has 152 valence electrons. The highest BCUT2D eigenvalue weighted by Gasteiger charge is 2.28. The van der Waals surface area contributed by atoms with Gasteiger partial charge in [-0.1, -0.05) is 37.3 Å². The van der Waals surface area contributed by atoms with Crippen LogP contribution in [0.2, 0.25) is 0 Å². The molecule has 2 aromatic carbocycles. The molecule has 3 heterocycles. The van der Waals surface area contributed by atoms with Gasteiger partial charge in [-0.15, -0.1) is 0 Å². The molecule has 1 fully saturated rings. The predicted octanol–water partition coefficient (Wildman–Crippen LogP) is 4.33. The van der Waals surface area contributed by atoms with Crippen LogP contribution in [0.15, 0.2) is 60.8 Å². The molecule has 0 aliphatic carbocycles. The number of aromatic nitrogens is 4. The van der Waals surface area contributed by atoms with Crippen LogP contribution in [0.4, 0.5) is 0 Å². The lowest BCUT2D eigenvalue weighted by atomic mass is 9.95. The van der Waals surface area contributed by atoms with E-state index in [2.05, 4.69) is 23.1 Å².